The Morgan fingerprint density at radius 1 is 0.800 bits per heavy atom. The Morgan fingerprint density at radius 2 is 1.28 bits per heavy atom. The first kappa shape index (κ1) is 20.3. The van der Waals surface area contributed by atoms with E-state index in [1.165, 1.54) is 0 Å². The van der Waals surface area contributed by atoms with Crippen LogP contribution in [0.5, 0.6) is 0 Å². The van der Waals surface area contributed by atoms with E-state index in [2.05, 4.69) is 50.2 Å². The number of benzene rings is 2. The Labute approximate surface area is 195 Å². The molecular weight excluding hydrogens is 516 g/mol. The van der Waals surface area contributed by atoms with Crippen LogP contribution in [-0.2, 0) is 0 Å². The number of pyridine rings is 2. The number of carbonyl (C=O) groups is 1. The second kappa shape index (κ2) is 9.63. The molecule has 0 unspecified atom stereocenters. The van der Waals surface area contributed by atoms with E-state index in [1.807, 2.05) is 24.3 Å². The maximum Gasteiger partial charge on any atom is 0.159 e. The fraction of sp³-hybridized carbons (Fsp3) is 0.0500. The van der Waals surface area contributed by atoms with E-state index >= 15 is 0 Å². The Morgan fingerprint density at radius 3 is 1.72 bits per heavy atom. The SMILES string of the molecule is CC(=O)c1ccc(Br)cc1.[Eu].c1cnc2c(c1)ccc1cccnc12. The number of aromatic nitrogens is 2. The molecule has 0 bridgehead atoms. The van der Waals surface area contributed by atoms with Gasteiger partial charge in [0.25, 0.3) is 0 Å². The first-order valence-corrected chi connectivity index (χ1v) is 8.29. The zero-order valence-corrected chi connectivity index (χ0v) is 17.5. The molecule has 0 aliphatic rings. The third kappa shape index (κ3) is 5.24. The predicted molar refractivity (Wildman–Crippen MR) is 101 cm³/mol. The maximum atomic E-state index is 10.7. The van der Waals surface area contributed by atoms with E-state index in [0.717, 1.165) is 31.8 Å². The van der Waals surface area contributed by atoms with Crippen molar-refractivity contribution in [2.75, 3.05) is 0 Å². The van der Waals surface area contributed by atoms with E-state index < -0.39 is 0 Å². The van der Waals surface area contributed by atoms with E-state index in [1.54, 1.807) is 31.5 Å². The maximum absolute atomic E-state index is 10.7. The van der Waals surface area contributed by atoms with Gasteiger partial charge in [0.2, 0.25) is 0 Å². The summed E-state index contributed by atoms with van der Waals surface area (Å²) >= 11 is 3.28. The van der Waals surface area contributed by atoms with Crippen LogP contribution in [-0.4, -0.2) is 15.8 Å². The van der Waals surface area contributed by atoms with Crippen LogP contribution in [0.25, 0.3) is 21.8 Å². The number of rotatable bonds is 1. The van der Waals surface area contributed by atoms with Crippen LogP contribution in [0.15, 0.2) is 77.5 Å². The zero-order valence-electron chi connectivity index (χ0n) is 13.5. The van der Waals surface area contributed by atoms with Crippen molar-refractivity contribution in [1.29, 1.82) is 0 Å². The minimum Gasteiger partial charge on any atom is -0.295 e. The second-order valence-electron chi connectivity index (χ2n) is 5.28. The van der Waals surface area contributed by atoms with Gasteiger partial charge >= 0.3 is 0 Å². The summed E-state index contributed by atoms with van der Waals surface area (Å²) in [7, 11) is 0. The Balaban J connectivity index is 0.000000184. The van der Waals surface area contributed by atoms with Gasteiger partial charge in [-0.25, -0.2) is 0 Å². The van der Waals surface area contributed by atoms with Gasteiger partial charge < -0.3 is 0 Å². The van der Waals surface area contributed by atoms with Gasteiger partial charge in [0.15, 0.2) is 5.78 Å². The van der Waals surface area contributed by atoms with Crippen LogP contribution in [0.3, 0.4) is 0 Å². The number of Topliss-reactive ketones (excluding diaryl/α,β-unsaturated/α-hetero) is 1. The predicted octanol–water partition coefficient (Wildman–Crippen LogP) is 5.43. The molecule has 0 atom stereocenters. The van der Waals surface area contributed by atoms with Gasteiger partial charge in [-0.3, -0.25) is 14.8 Å². The van der Waals surface area contributed by atoms with Gasteiger partial charge in [-0.2, -0.15) is 0 Å². The van der Waals surface area contributed by atoms with Crippen molar-refractivity contribution >= 4 is 43.5 Å². The van der Waals surface area contributed by atoms with Crippen molar-refractivity contribution < 1.29 is 54.2 Å². The van der Waals surface area contributed by atoms with Gasteiger partial charge in [-0.1, -0.05) is 52.3 Å². The average Bonchev–Trinajstić information content (AvgIpc) is 2.62. The minimum atomic E-state index is 0. The van der Waals surface area contributed by atoms with Crippen LogP contribution in [0.4, 0.5) is 0 Å². The standard InChI is InChI=1S/C12H8N2.C8H7BrO.Eu/c1-3-9-5-6-10-4-2-8-14-12(10)11(9)13-7-1;1-6(10)7-2-4-8(9)5-3-7;/h1-8H;2-5H,1H3;. The first-order chi connectivity index (χ1) is 11.6. The van der Waals surface area contributed by atoms with Gasteiger partial charge in [-0.05, 0) is 31.2 Å². The average molecular weight is 531 g/mol. The summed E-state index contributed by atoms with van der Waals surface area (Å²) < 4.78 is 0.998. The molecule has 0 N–H and O–H groups in total. The summed E-state index contributed by atoms with van der Waals surface area (Å²) in [6.07, 6.45) is 3.60. The molecule has 5 heteroatoms. The number of halogens is 1. The molecule has 0 spiro atoms. The Kier molecular flexibility index (Phi) is 7.82. The molecular formula is C20H15BrEuN2O. The topological polar surface area (TPSA) is 42.9 Å². The van der Waals surface area contributed by atoms with Gasteiger partial charge in [0.05, 0.1) is 11.0 Å². The normalized spacial score (nSPS) is 9.84. The Bertz CT molecular complexity index is 948. The van der Waals surface area contributed by atoms with Crippen molar-refractivity contribution in [3.63, 3.8) is 0 Å². The fourth-order valence-electron chi connectivity index (χ4n) is 2.36. The van der Waals surface area contributed by atoms with Gasteiger partial charge in [0.1, 0.15) is 0 Å². The Hall–Kier alpha value is -1.01. The molecule has 0 amide bonds. The van der Waals surface area contributed by atoms with Crippen molar-refractivity contribution in [3.8, 4) is 0 Å². The molecule has 0 saturated carbocycles. The van der Waals surface area contributed by atoms with Crippen LogP contribution in [0, 0.1) is 49.4 Å². The van der Waals surface area contributed by atoms with Crippen molar-refractivity contribution in [1.82, 2.24) is 9.97 Å². The molecule has 2 aromatic heterocycles. The van der Waals surface area contributed by atoms with Gasteiger partial charge in [0, 0.05) is 82.6 Å². The summed E-state index contributed by atoms with van der Waals surface area (Å²) in [5, 5.41) is 2.28. The van der Waals surface area contributed by atoms with Crippen LogP contribution in [0.2, 0.25) is 0 Å². The van der Waals surface area contributed by atoms with E-state index in [0.29, 0.717) is 0 Å². The smallest absolute Gasteiger partial charge is 0.159 e. The minimum absolute atomic E-state index is 0. The van der Waals surface area contributed by atoms with Crippen molar-refractivity contribution in [2.24, 2.45) is 0 Å². The van der Waals surface area contributed by atoms with E-state index in [-0.39, 0.29) is 55.2 Å². The quantitative estimate of drug-likeness (QED) is 0.243. The molecule has 125 valence electrons. The molecule has 2 heterocycles. The molecule has 0 aliphatic carbocycles. The first-order valence-electron chi connectivity index (χ1n) is 7.50. The zero-order chi connectivity index (χ0) is 16.9. The summed E-state index contributed by atoms with van der Waals surface area (Å²) in [5.74, 6) is 0.104. The summed E-state index contributed by atoms with van der Waals surface area (Å²) in [5.41, 5.74) is 2.71. The van der Waals surface area contributed by atoms with Crippen LogP contribution >= 0.6 is 15.9 Å². The number of carbonyl (C=O) groups excluding carboxylic acids is 1. The van der Waals surface area contributed by atoms with Crippen molar-refractivity contribution in [3.05, 3.63) is 83.1 Å². The fourth-order valence-corrected chi connectivity index (χ4v) is 2.63. The molecule has 25 heavy (non-hydrogen) atoms. The molecule has 3 nitrogen and oxygen atoms in total. The summed E-state index contributed by atoms with van der Waals surface area (Å²) in [6, 6.07) is 19.5. The molecule has 4 aromatic rings. The number of ketones is 1. The molecule has 2 aromatic carbocycles. The number of hydrogen-bond donors (Lipinski definition) is 0. The monoisotopic (exact) mass is 531 g/mol. The van der Waals surface area contributed by atoms with Gasteiger partial charge in [-0.15, -0.1) is 0 Å². The summed E-state index contributed by atoms with van der Waals surface area (Å²) in [6.45, 7) is 1.56. The molecule has 1 radical (unpaired) electrons. The third-order valence-corrected chi connectivity index (χ3v) is 4.12. The number of fused-ring (bicyclic) bond motifs is 3. The largest absolute Gasteiger partial charge is 0.295 e. The summed E-state index contributed by atoms with van der Waals surface area (Å²) in [4.78, 5) is 19.4. The number of hydrogen-bond acceptors (Lipinski definition) is 3. The van der Waals surface area contributed by atoms with E-state index in [4.69, 9.17) is 0 Å². The number of nitrogens with zero attached hydrogens (tertiary/aromatic N) is 2. The third-order valence-electron chi connectivity index (χ3n) is 3.60. The molecule has 0 saturated heterocycles. The molecule has 0 aliphatic heterocycles. The molecule has 4 rings (SSSR count). The van der Waals surface area contributed by atoms with E-state index in [9.17, 15) is 4.79 Å². The van der Waals surface area contributed by atoms with Crippen molar-refractivity contribution in [2.45, 2.75) is 6.92 Å². The molecule has 0 fully saturated rings. The van der Waals surface area contributed by atoms with Crippen LogP contribution in [0.1, 0.15) is 17.3 Å². The van der Waals surface area contributed by atoms with Crippen LogP contribution < -0.4 is 0 Å². The second-order valence-corrected chi connectivity index (χ2v) is 6.19.